The number of nitrogens with one attached hydrogen (secondary N) is 1. The number of rotatable bonds is 14. The van der Waals surface area contributed by atoms with Crippen molar-refractivity contribution in [1.29, 1.82) is 0 Å². The van der Waals surface area contributed by atoms with Crippen LogP contribution >= 0.6 is 15.6 Å². The average Bonchev–Trinajstić information content (AvgIpc) is 3.80. The average molecular weight is 821 g/mol. The number of nitrogen functional groups attached to an aromatic ring is 2. The van der Waals surface area contributed by atoms with Crippen molar-refractivity contribution in [3.05, 3.63) is 78.1 Å². The van der Waals surface area contributed by atoms with Crippen LogP contribution in [0, 0.1) is 6.92 Å². The number of aliphatic hydroxyl groups excluding tert-OH is 2. The maximum atomic E-state index is 13.2. The van der Waals surface area contributed by atoms with Gasteiger partial charge in [0.1, 0.15) is 60.8 Å². The first-order chi connectivity index (χ1) is 25.9. The fourth-order valence-electron chi connectivity index (χ4n) is 6.14. The fraction of sp³-hybridized carbons (Fsp3) is 0.571. The van der Waals surface area contributed by atoms with E-state index in [1.807, 2.05) is 0 Å². The third-order valence-electron chi connectivity index (χ3n) is 8.87. The third kappa shape index (κ3) is 9.55. The molecule has 0 aromatic carbocycles. The number of ether oxygens (including phenoxy) is 3. The summed E-state index contributed by atoms with van der Waals surface area (Å²) in [6.45, 7) is -0.811. The van der Waals surface area contributed by atoms with Crippen molar-refractivity contribution in [2.24, 2.45) is 0 Å². The molecule has 3 aromatic rings. The van der Waals surface area contributed by atoms with Gasteiger partial charge in [0.15, 0.2) is 0 Å². The quantitative estimate of drug-likeness (QED) is 0.0844. The predicted octanol–water partition coefficient (Wildman–Crippen LogP) is -2.26. The van der Waals surface area contributed by atoms with Crippen LogP contribution in [0.15, 0.2) is 49.9 Å². The second-order valence-electron chi connectivity index (χ2n) is 12.7. The lowest BCUT2D eigenvalue weighted by atomic mass is 10.2. The zero-order valence-corrected chi connectivity index (χ0v) is 30.5. The number of hydrogen-bond acceptors (Lipinski definition) is 19. The van der Waals surface area contributed by atoms with E-state index in [4.69, 9.17) is 43.8 Å². The second-order valence-corrected chi connectivity index (χ2v) is 15.5. The van der Waals surface area contributed by atoms with Gasteiger partial charge in [0.25, 0.3) is 5.56 Å². The molecule has 11 atom stereocenters. The lowest BCUT2D eigenvalue weighted by molar-refractivity contribution is -0.0619. The Labute approximate surface area is 308 Å². The number of hydrogen-bond donors (Lipinski definition) is 7. The summed E-state index contributed by atoms with van der Waals surface area (Å²) >= 11 is 0. The molecule has 3 fully saturated rings. The van der Waals surface area contributed by atoms with Crippen LogP contribution in [0.1, 0.15) is 43.5 Å². The van der Waals surface area contributed by atoms with Gasteiger partial charge in [-0.05, 0) is 19.1 Å². The van der Waals surface area contributed by atoms with Crippen LogP contribution in [0.2, 0.25) is 0 Å². The molecule has 6 rings (SSSR count). The van der Waals surface area contributed by atoms with Crippen LogP contribution in [0.5, 0.6) is 0 Å². The number of nitrogens with zero attached hydrogens (tertiary/aromatic N) is 5. The van der Waals surface area contributed by atoms with Crippen LogP contribution in [0.25, 0.3) is 0 Å². The highest BCUT2D eigenvalue weighted by Crippen LogP contribution is 2.51. The summed E-state index contributed by atoms with van der Waals surface area (Å²) in [7, 11) is -10.1. The van der Waals surface area contributed by atoms with Crippen molar-refractivity contribution >= 4 is 27.3 Å². The Balaban J connectivity index is 1.13. The minimum absolute atomic E-state index is 0.0332. The second kappa shape index (κ2) is 16.3. The Morgan fingerprint density at radius 2 is 1.27 bits per heavy atom. The summed E-state index contributed by atoms with van der Waals surface area (Å²) in [5.74, 6) is -0.0846. The van der Waals surface area contributed by atoms with Crippen LogP contribution < -0.4 is 34.1 Å². The van der Waals surface area contributed by atoms with Crippen LogP contribution in [0.4, 0.5) is 11.6 Å². The molecule has 0 radical (unpaired) electrons. The van der Waals surface area contributed by atoms with Gasteiger partial charge >= 0.3 is 32.7 Å². The molecule has 3 aliphatic heterocycles. The Kier molecular flexibility index (Phi) is 12.0. The number of aryl methyl sites for hydroxylation is 1. The van der Waals surface area contributed by atoms with Crippen molar-refractivity contribution in [2.45, 2.75) is 81.5 Å². The SMILES string of the molecule is Cc1cn([C@H]2C[C@H](OP(=O)(O)OC[C@H]3O[C@@H](n4ccc(N)nc4=O)C[C@@H]3O)[C@@H](COP(=O)(O)O[C@H]3C[C@H](n4ccc(N)nc4=O)O[C@@H]3CO)O2)c(=O)[nH]c1=O. The van der Waals surface area contributed by atoms with Crippen molar-refractivity contribution in [1.82, 2.24) is 28.7 Å². The first-order valence-corrected chi connectivity index (χ1v) is 19.5. The molecule has 0 bridgehead atoms. The number of anilines is 2. The molecule has 0 amide bonds. The Morgan fingerprint density at radius 3 is 1.82 bits per heavy atom. The molecule has 25 nitrogen and oxygen atoms in total. The number of aliphatic hydroxyl groups is 2. The number of aromatic nitrogens is 6. The molecule has 3 aromatic heterocycles. The van der Waals surface area contributed by atoms with Crippen LogP contribution in [0.3, 0.4) is 0 Å². The van der Waals surface area contributed by atoms with Gasteiger partial charge in [0, 0.05) is 43.4 Å². The molecule has 27 heteroatoms. The highest BCUT2D eigenvalue weighted by molar-refractivity contribution is 7.47. The van der Waals surface area contributed by atoms with E-state index in [1.165, 1.54) is 37.6 Å². The molecule has 2 unspecified atom stereocenters. The molecular formula is C28H38N8O17P2. The number of phosphoric acid groups is 2. The Hall–Kier alpha value is -3.94. The molecule has 302 valence electrons. The minimum atomic E-state index is -5.07. The van der Waals surface area contributed by atoms with Gasteiger partial charge in [-0.1, -0.05) is 0 Å². The van der Waals surface area contributed by atoms with Gasteiger partial charge in [-0.15, -0.1) is 0 Å². The number of H-pyrrole nitrogens is 1. The van der Waals surface area contributed by atoms with E-state index in [-0.39, 0.29) is 36.5 Å². The fourth-order valence-corrected chi connectivity index (χ4v) is 8.06. The summed E-state index contributed by atoms with van der Waals surface area (Å²) in [5.41, 5.74) is 8.04. The van der Waals surface area contributed by atoms with E-state index in [9.17, 15) is 48.3 Å². The van der Waals surface area contributed by atoms with Crippen molar-refractivity contribution in [3.63, 3.8) is 0 Å². The first-order valence-electron chi connectivity index (χ1n) is 16.5. The van der Waals surface area contributed by atoms with E-state index in [0.717, 1.165) is 13.7 Å². The Morgan fingerprint density at radius 1 is 0.800 bits per heavy atom. The molecule has 0 spiro atoms. The minimum Gasteiger partial charge on any atom is -0.394 e. The molecule has 0 aliphatic carbocycles. The molecule has 55 heavy (non-hydrogen) atoms. The molecule has 0 saturated carbocycles. The van der Waals surface area contributed by atoms with E-state index in [1.54, 1.807) is 0 Å². The highest BCUT2D eigenvalue weighted by Gasteiger charge is 2.46. The lowest BCUT2D eigenvalue weighted by Crippen LogP contribution is -2.33. The summed E-state index contributed by atoms with van der Waals surface area (Å²) in [6.07, 6.45) is -8.07. The molecule has 3 aliphatic rings. The van der Waals surface area contributed by atoms with E-state index < -0.39 is 113 Å². The zero-order valence-electron chi connectivity index (χ0n) is 28.7. The lowest BCUT2D eigenvalue weighted by Gasteiger charge is -2.24. The van der Waals surface area contributed by atoms with Crippen LogP contribution in [-0.2, 0) is 41.4 Å². The summed E-state index contributed by atoms with van der Waals surface area (Å²) < 4.78 is 67.5. The first kappa shape index (κ1) is 40.7. The predicted molar refractivity (Wildman–Crippen MR) is 182 cm³/mol. The van der Waals surface area contributed by atoms with E-state index >= 15 is 0 Å². The van der Waals surface area contributed by atoms with Crippen LogP contribution in [-0.4, -0.2) is 105 Å². The maximum Gasteiger partial charge on any atom is 0.472 e. The van der Waals surface area contributed by atoms with Gasteiger partial charge in [-0.2, -0.15) is 9.97 Å². The number of nitrogens with two attached hydrogens (primary N) is 2. The van der Waals surface area contributed by atoms with Crippen molar-refractivity contribution in [2.75, 3.05) is 31.3 Å². The van der Waals surface area contributed by atoms with Gasteiger partial charge in [-0.3, -0.25) is 41.6 Å². The Bertz CT molecular complexity index is 2210. The van der Waals surface area contributed by atoms with Gasteiger partial charge in [0.05, 0.1) is 25.9 Å². The molecular weight excluding hydrogens is 782 g/mol. The van der Waals surface area contributed by atoms with Gasteiger partial charge in [0.2, 0.25) is 0 Å². The topological polar surface area (TPSA) is 356 Å². The molecule has 3 saturated heterocycles. The molecule has 6 heterocycles. The summed E-state index contributed by atoms with van der Waals surface area (Å²) in [4.78, 5) is 79.8. The van der Waals surface area contributed by atoms with E-state index in [0.29, 0.717) is 0 Å². The largest absolute Gasteiger partial charge is 0.472 e. The highest BCUT2D eigenvalue weighted by atomic mass is 31.2. The summed E-state index contributed by atoms with van der Waals surface area (Å²) in [6, 6.07) is 2.66. The summed E-state index contributed by atoms with van der Waals surface area (Å²) in [5, 5.41) is 20.4. The normalized spacial score (nSPS) is 30.3. The smallest absolute Gasteiger partial charge is 0.394 e. The van der Waals surface area contributed by atoms with Crippen molar-refractivity contribution < 1.29 is 61.4 Å². The molecule has 9 N–H and O–H groups in total. The van der Waals surface area contributed by atoms with Gasteiger partial charge < -0.3 is 45.7 Å². The maximum absolute atomic E-state index is 13.2. The number of aromatic amines is 1. The van der Waals surface area contributed by atoms with E-state index in [2.05, 4.69) is 15.0 Å². The van der Waals surface area contributed by atoms with Crippen molar-refractivity contribution in [3.8, 4) is 0 Å². The third-order valence-corrected chi connectivity index (χ3v) is 10.9. The monoisotopic (exact) mass is 820 g/mol. The zero-order chi connectivity index (χ0) is 39.8. The standard InChI is InChI=1S/C28H38N8O17P2/c1-13-9-36(28(42)33-25(13)39)24-8-16(53-54(43,44)47-11-18-14(38)6-22(50-18)34-4-2-20(29)31-26(34)40)19(51-24)12-48-55(45,46)52-15-7-23(49-17(15)10-37)35-5-3-21(30)32-27(35)41/h2-5,9,14-19,22-24,37-38H,6-8,10-12H2,1H3,(H,43,44)(H,45,46)(H2,29,31,40)(H2,30,32,41)(H,33,39,42)/t14-,15-,16-,17+,18+,19+,22+,23+,24+/m0/s1. The number of phosphoric ester groups is 2. The van der Waals surface area contributed by atoms with Gasteiger partial charge in [-0.25, -0.2) is 23.5 Å².